The summed E-state index contributed by atoms with van der Waals surface area (Å²) < 4.78 is 18.0. The third-order valence-corrected chi connectivity index (χ3v) is 8.26. The Labute approximate surface area is 167 Å². The van der Waals surface area contributed by atoms with Crippen LogP contribution >= 0.6 is 0 Å². The molecule has 1 heterocycles. The molecule has 0 bridgehead atoms. The summed E-state index contributed by atoms with van der Waals surface area (Å²) in [6.45, 7) is 6.01. The van der Waals surface area contributed by atoms with E-state index >= 15 is 0 Å². The van der Waals surface area contributed by atoms with Crippen molar-refractivity contribution in [1.29, 1.82) is 0 Å². The number of aliphatic hydroxyl groups excluding tert-OH is 2. The minimum atomic E-state index is -0.584. The zero-order valence-corrected chi connectivity index (χ0v) is 16.9. The molecule has 1 aromatic carbocycles. The Bertz CT molecular complexity index is 756. The summed E-state index contributed by atoms with van der Waals surface area (Å²) in [7, 11) is 0. The molecule has 0 radical (unpaired) electrons. The number of aryl methyl sites for hydroxylation is 2. The highest BCUT2D eigenvalue weighted by atomic mass is 16.7. The topological polar surface area (TPSA) is 68.2 Å². The van der Waals surface area contributed by atoms with E-state index in [2.05, 4.69) is 26.0 Å². The van der Waals surface area contributed by atoms with Gasteiger partial charge in [0.1, 0.15) is 12.4 Å². The largest absolute Gasteiger partial charge is 0.491 e. The number of rotatable bonds is 3. The number of ether oxygens (including phenoxy) is 3. The van der Waals surface area contributed by atoms with Crippen molar-refractivity contribution in [1.82, 2.24) is 0 Å². The summed E-state index contributed by atoms with van der Waals surface area (Å²) in [5, 5.41) is 20.4. The van der Waals surface area contributed by atoms with Crippen molar-refractivity contribution in [2.24, 2.45) is 17.3 Å². The molecule has 0 amide bonds. The smallest absolute Gasteiger partial charge is 0.176 e. The molecule has 2 saturated carbocycles. The minimum Gasteiger partial charge on any atom is -0.491 e. The fraction of sp³-hybridized carbons (Fsp3) is 0.739. The second-order valence-electron chi connectivity index (χ2n) is 9.32. The second-order valence-corrected chi connectivity index (χ2v) is 9.32. The van der Waals surface area contributed by atoms with Crippen molar-refractivity contribution in [2.45, 2.75) is 63.8 Å². The van der Waals surface area contributed by atoms with Gasteiger partial charge in [0.2, 0.25) is 0 Å². The Morgan fingerprint density at radius 1 is 1.21 bits per heavy atom. The molecule has 5 nitrogen and oxygen atoms in total. The number of aliphatic hydroxyl groups is 2. The van der Waals surface area contributed by atoms with Crippen LogP contribution in [0.4, 0.5) is 0 Å². The third-order valence-electron chi connectivity index (χ3n) is 8.26. The highest BCUT2D eigenvalue weighted by Crippen LogP contribution is 2.66. The molecule has 28 heavy (non-hydrogen) atoms. The molecule has 3 aliphatic carbocycles. The van der Waals surface area contributed by atoms with Gasteiger partial charge in [0, 0.05) is 6.42 Å². The monoisotopic (exact) mass is 388 g/mol. The summed E-state index contributed by atoms with van der Waals surface area (Å²) in [6, 6.07) is 4.24. The van der Waals surface area contributed by atoms with Gasteiger partial charge in [0.15, 0.2) is 5.79 Å². The van der Waals surface area contributed by atoms with E-state index in [0.717, 1.165) is 37.9 Å². The van der Waals surface area contributed by atoms with E-state index in [4.69, 9.17) is 19.3 Å². The maximum Gasteiger partial charge on any atom is 0.176 e. The van der Waals surface area contributed by atoms with Crippen LogP contribution in [0.15, 0.2) is 12.1 Å². The SMILES string of the molecule is Cc1cc(OCCO)cc2c1[C@H]1C[C@H](O)[C@@]3(C)[C@@H](CCC34OCCO4)[C@@H]1CC2. The highest BCUT2D eigenvalue weighted by molar-refractivity contribution is 5.46. The lowest BCUT2D eigenvalue weighted by molar-refractivity contribution is -0.266. The number of benzene rings is 1. The summed E-state index contributed by atoms with van der Waals surface area (Å²) in [5.41, 5.74) is 3.70. The molecule has 3 fully saturated rings. The first kappa shape index (κ1) is 18.9. The second kappa shape index (κ2) is 6.69. The van der Waals surface area contributed by atoms with Crippen LogP contribution in [-0.2, 0) is 15.9 Å². The average molecular weight is 389 g/mol. The van der Waals surface area contributed by atoms with Gasteiger partial charge < -0.3 is 24.4 Å². The predicted octanol–water partition coefficient (Wildman–Crippen LogP) is 2.94. The van der Waals surface area contributed by atoms with Crippen molar-refractivity contribution >= 4 is 0 Å². The quantitative estimate of drug-likeness (QED) is 0.833. The molecule has 5 rings (SSSR count). The van der Waals surface area contributed by atoms with Crippen molar-refractivity contribution < 1.29 is 24.4 Å². The molecular weight excluding hydrogens is 356 g/mol. The Hall–Kier alpha value is -1.14. The van der Waals surface area contributed by atoms with Gasteiger partial charge in [-0.05, 0) is 79.2 Å². The summed E-state index contributed by atoms with van der Waals surface area (Å²) in [5.74, 6) is 1.64. The van der Waals surface area contributed by atoms with Crippen LogP contribution in [-0.4, -0.2) is 48.5 Å². The molecule has 154 valence electrons. The first-order valence-electron chi connectivity index (χ1n) is 10.8. The highest BCUT2D eigenvalue weighted by Gasteiger charge is 2.68. The van der Waals surface area contributed by atoms with E-state index in [1.54, 1.807) is 0 Å². The molecule has 1 aromatic rings. The molecule has 5 heteroatoms. The first-order valence-corrected chi connectivity index (χ1v) is 10.8. The Morgan fingerprint density at radius 3 is 2.75 bits per heavy atom. The normalized spacial score (nSPS) is 38.1. The number of hydrogen-bond acceptors (Lipinski definition) is 5. The fourth-order valence-electron chi connectivity index (χ4n) is 7.08. The lowest BCUT2D eigenvalue weighted by Crippen LogP contribution is -2.58. The van der Waals surface area contributed by atoms with E-state index < -0.39 is 11.9 Å². The maximum absolute atomic E-state index is 11.4. The van der Waals surface area contributed by atoms with Gasteiger partial charge in [-0.15, -0.1) is 0 Å². The molecule has 1 saturated heterocycles. The van der Waals surface area contributed by atoms with Gasteiger partial charge in [-0.2, -0.15) is 0 Å². The van der Waals surface area contributed by atoms with Gasteiger partial charge in [-0.1, -0.05) is 6.92 Å². The van der Waals surface area contributed by atoms with E-state index in [9.17, 15) is 5.11 Å². The van der Waals surface area contributed by atoms with Crippen LogP contribution in [0.25, 0.3) is 0 Å². The zero-order chi connectivity index (χ0) is 19.5. The maximum atomic E-state index is 11.4. The fourth-order valence-corrected chi connectivity index (χ4v) is 7.08. The molecule has 2 N–H and O–H groups in total. The molecule has 0 aromatic heterocycles. The summed E-state index contributed by atoms with van der Waals surface area (Å²) >= 11 is 0. The van der Waals surface area contributed by atoms with Crippen LogP contribution in [0, 0.1) is 24.2 Å². The Morgan fingerprint density at radius 2 is 2.00 bits per heavy atom. The van der Waals surface area contributed by atoms with Gasteiger partial charge in [-0.25, -0.2) is 0 Å². The van der Waals surface area contributed by atoms with Crippen LogP contribution < -0.4 is 4.74 Å². The van der Waals surface area contributed by atoms with Crippen molar-refractivity contribution in [3.05, 3.63) is 28.8 Å². The van der Waals surface area contributed by atoms with Crippen LogP contribution in [0.2, 0.25) is 0 Å². The summed E-state index contributed by atoms with van der Waals surface area (Å²) in [6.07, 6.45) is 4.51. The van der Waals surface area contributed by atoms with Gasteiger partial charge in [0.05, 0.1) is 31.3 Å². The van der Waals surface area contributed by atoms with Crippen LogP contribution in [0.5, 0.6) is 5.75 Å². The Kier molecular flexibility index (Phi) is 4.51. The average Bonchev–Trinajstić information content (AvgIpc) is 3.27. The first-order chi connectivity index (χ1) is 13.5. The standard InChI is InChI=1S/C23H32O5/c1-14-11-16(26-8-7-24)12-15-3-4-17-18(21(14)15)13-20(25)22(2)19(17)5-6-23(22)27-9-10-28-23/h11-12,17-20,24-25H,3-10,13H2,1-2H3/t17-,18+,19+,20+,22-/m1/s1. The van der Waals surface area contributed by atoms with E-state index in [1.807, 2.05) is 0 Å². The van der Waals surface area contributed by atoms with E-state index in [0.29, 0.717) is 37.6 Å². The molecule has 0 unspecified atom stereocenters. The lowest BCUT2D eigenvalue weighted by atomic mass is 9.53. The summed E-state index contributed by atoms with van der Waals surface area (Å²) in [4.78, 5) is 0. The molecular formula is C23H32O5. The lowest BCUT2D eigenvalue weighted by Gasteiger charge is -2.55. The predicted molar refractivity (Wildman–Crippen MR) is 104 cm³/mol. The number of fused-ring (bicyclic) bond motifs is 6. The molecule has 1 spiro atoms. The zero-order valence-electron chi connectivity index (χ0n) is 16.9. The van der Waals surface area contributed by atoms with Crippen LogP contribution in [0.1, 0.15) is 55.2 Å². The van der Waals surface area contributed by atoms with Gasteiger partial charge in [0.25, 0.3) is 0 Å². The van der Waals surface area contributed by atoms with Gasteiger partial charge in [-0.3, -0.25) is 0 Å². The number of hydrogen-bond donors (Lipinski definition) is 2. The Balaban J connectivity index is 1.49. The van der Waals surface area contributed by atoms with Gasteiger partial charge >= 0.3 is 0 Å². The van der Waals surface area contributed by atoms with Crippen molar-refractivity contribution in [3.8, 4) is 5.75 Å². The minimum absolute atomic E-state index is 0.0270. The van der Waals surface area contributed by atoms with Crippen LogP contribution in [0.3, 0.4) is 0 Å². The van der Waals surface area contributed by atoms with E-state index in [1.165, 1.54) is 16.7 Å². The van der Waals surface area contributed by atoms with Crippen molar-refractivity contribution in [2.75, 3.05) is 26.4 Å². The van der Waals surface area contributed by atoms with Crippen molar-refractivity contribution in [3.63, 3.8) is 0 Å². The molecule has 4 aliphatic rings. The van der Waals surface area contributed by atoms with E-state index in [-0.39, 0.29) is 12.0 Å². The molecule has 1 aliphatic heterocycles. The third kappa shape index (κ3) is 2.46. The molecule has 5 atom stereocenters.